The molecule has 98 valence electrons. The number of carboxylic acids is 1. The van der Waals surface area contributed by atoms with Gasteiger partial charge in [0.2, 0.25) is 0 Å². The van der Waals surface area contributed by atoms with E-state index in [-0.39, 0.29) is 5.56 Å². The van der Waals surface area contributed by atoms with Crippen LogP contribution in [0, 0.1) is 0 Å². The van der Waals surface area contributed by atoms with Crippen molar-refractivity contribution in [2.75, 3.05) is 5.32 Å². The van der Waals surface area contributed by atoms with Crippen LogP contribution in [0.15, 0.2) is 51.4 Å². The lowest BCUT2D eigenvalue weighted by molar-refractivity contribution is 0.0697. The third-order valence-electron chi connectivity index (χ3n) is 2.59. The highest BCUT2D eigenvalue weighted by Crippen LogP contribution is 2.22. The van der Waals surface area contributed by atoms with Crippen molar-refractivity contribution in [1.82, 2.24) is 0 Å². The van der Waals surface area contributed by atoms with Crippen molar-refractivity contribution in [2.24, 2.45) is 0 Å². The van der Waals surface area contributed by atoms with Crippen LogP contribution in [-0.2, 0) is 6.54 Å². The molecule has 2 N–H and O–H groups in total. The summed E-state index contributed by atoms with van der Waals surface area (Å²) < 4.78 is 1.76. The minimum absolute atomic E-state index is 0.254. The number of hydrogen-bond acceptors (Lipinski definition) is 2. The number of carboxylic acid groups (broad SMARTS) is 1. The number of aromatic carboxylic acids is 1. The van der Waals surface area contributed by atoms with Gasteiger partial charge in [0.1, 0.15) is 0 Å². The fraction of sp³-hybridized carbons (Fsp3) is 0.0714. The van der Waals surface area contributed by atoms with Crippen LogP contribution in [0.5, 0.6) is 0 Å². The maximum Gasteiger partial charge on any atom is 0.335 e. The van der Waals surface area contributed by atoms with E-state index < -0.39 is 5.97 Å². The van der Waals surface area contributed by atoms with Crippen LogP contribution in [0.25, 0.3) is 0 Å². The van der Waals surface area contributed by atoms with Crippen molar-refractivity contribution < 1.29 is 9.90 Å². The molecule has 0 atom stereocenters. The van der Waals surface area contributed by atoms with Gasteiger partial charge in [-0.05, 0) is 29.8 Å². The fourth-order valence-electron chi connectivity index (χ4n) is 1.65. The zero-order valence-corrected chi connectivity index (χ0v) is 13.0. The first-order valence-electron chi connectivity index (χ1n) is 5.57. The highest BCUT2D eigenvalue weighted by Gasteiger charge is 2.06. The normalized spacial score (nSPS) is 10.2. The molecule has 2 aromatic rings. The van der Waals surface area contributed by atoms with Gasteiger partial charge in [-0.3, -0.25) is 0 Å². The number of carbonyl (C=O) groups is 1. The van der Waals surface area contributed by atoms with E-state index in [1.54, 1.807) is 12.1 Å². The van der Waals surface area contributed by atoms with Gasteiger partial charge in [0.05, 0.1) is 5.56 Å². The molecule has 0 spiro atoms. The average molecular weight is 385 g/mol. The Labute approximate surface area is 127 Å². The Morgan fingerprint density at radius 2 is 1.89 bits per heavy atom. The summed E-state index contributed by atoms with van der Waals surface area (Å²) in [5.41, 5.74) is 2.13. The van der Waals surface area contributed by atoms with Gasteiger partial charge in [-0.25, -0.2) is 4.79 Å². The minimum atomic E-state index is -0.940. The van der Waals surface area contributed by atoms with Gasteiger partial charge >= 0.3 is 5.97 Å². The second-order valence-corrected chi connectivity index (χ2v) is 5.75. The van der Waals surface area contributed by atoms with Crippen LogP contribution < -0.4 is 5.32 Å². The smallest absolute Gasteiger partial charge is 0.335 e. The summed E-state index contributed by atoms with van der Waals surface area (Å²) in [4.78, 5) is 11.0. The molecule has 0 amide bonds. The Hall–Kier alpha value is -1.33. The summed E-state index contributed by atoms with van der Waals surface area (Å²) in [5, 5.41) is 12.2. The van der Waals surface area contributed by atoms with E-state index in [0.29, 0.717) is 6.54 Å². The Bertz CT molecular complexity index is 614. The second kappa shape index (κ2) is 6.21. The lowest BCUT2D eigenvalue weighted by atomic mass is 10.2. The fourth-order valence-corrected chi connectivity index (χ4v) is 2.57. The largest absolute Gasteiger partial charge is 0.478 e. The Balaban J connectivity index is 2.16. The van der Waals surface area contributed by atoms with Crippen LogP contribution in [-0.4, -0.2) is 11.1 Å². The summed E-state index contributed by atoms with van der Waals surface area (Å²) in [6.45, 7) is 0.622. The van der Waals surface area contributed by atoms with Gasteiger partial charge in [-0.2, -0.15) is 0 Å². The highest BCUT2D eigenvalue weighted by molar-refractivity contribution is 9.10. The van der Waals surface area contributed by atoms with Gasteiger partial charge in [0.15, 0.2) is 0 Å². The van der Waals surface area contributed by atoms with Crippen molar-refractivity contribution in [3.05, 3.63) is 62.5 Å². The summed E-state index contributed by atoms with van der Waals surface area (Å²) in [7, 11) is 0. The Morgan fingerprint density at radius 1 is 1.16 bits per heavy atom. The monoisotopic (exact) mass is 383 g/mol. The van der Waals surface area contributed by atoms with Crippen LogP contribution in [0.1, 0.15) is 15.9 Å². The molecular weight excluding hydrogens is 374 g/mol. The maximum atomic E-state index is 11.0. The zero-order valence-electron chi connectivity index (χ0n) is 9.86. The zero-order chi connectivity index (χ0) is 13.8. The molecule has 0 saturated carbocycles. The van der Waals surface area contributed by atoms with E-state index in [9.17, 15) is 4.79 Å². The predicted molar refractivity (Wildman–Crippen MR) is 82.6 cm³/mol. The van der Waals surface area contributed by atoms with E-state index >= 15 is 0 Å². The molecular formula is C14H11Br2NO2. The van der Waals surface area contributed by atoms with E-state index in [1.165, 1.54) is 0 Å². The topological polar surface area (TPSA) is 49.3 Å². The van der Waals surface area contributed by atoms with Gasteiger partial charge < -0.3 is 10.4 Å². The molecule has 0 aliphatic heterocycles. The first-order valence-corrected chi connectivity index (χ1v) is 7.16. The number of nitrogens with one attached hydrogen (secondary N) is 1. The number of benzene rings is 2. The molecule has 0 heterocycles. The van der Waals surface area contributed by atoms with Gasteiger partial charge in [0.25, 0.3) is 0 Å². The van der Waals surface area contributed by atoms with Crippen LogP contribution >= 0.6 is 31.9 Å². The molecule has 19 heavy (non-hydrogen) atoms. The molecule has 2 aromatic carbocycles. The number of halogens is 2. The molecule has 0 saturated heterocycles. The van der Waals surface area contributed by atoms with E-state index in [1.807, 2.05) is 30.3 Å². The van der Waals surface area contributed by atoms with Gasteiger partial charge in [0, 0.05) is 21.2 Å². The van der Waals surface area contributed by atoms with Crippen molar-refractivity contribution in [3.63, 3.8) is 0 Å². The number of hydrogen-bond donors (Lipinski definition) is 2. The molecule has 0 fully saturated rings. The average Bonchev–Trinajstić information content (AvgIpc) is 2.37. The summed E-state index contributed by atoms with van der Waals surface area (Å²) in [6.07, 6.45) is 0. The lowest BCUT2D eigenvalue weighted by Crippen LogP contribution is -2.02. The van der Waals surface area contributed by atoms with Crippen molar-refractivity contribution in [3.8, 4) is 0 Å². The molecule has 2 rings (SSSR count). The quantitative estimate of drug-likeness (QED) is 0.814. The molecule has 0 unspecified atom stereocenters. The van der Waals surface area contributed by atoms with Crippen LogP contribution in [0.2, 0.25) is 0 Å². The highest BCUT2D eigenvalue weighted by atomic mass is 79.9. The molecule has 0 aromatic heterocycles. The summed E-state index contributed by atoms with van der Waals surface area (Å²) in [5.74, 6) is -0.940. The molecule has 3 nitrogen and oxygen atoms in total. The third kappa shape index (κ3) is 3.81. The van der Waals surface area contributed by atoms with E-state index in [2.05, 4.69) is 37.2 Å². The molecule has 0 aliphatic carbocycles. The molecule has 0 bridgehead atoms. The first kappa shape index (κ1) is 14.1. The first-order chi connectivity index (χ1) is 9.06. The van der Waals surface area contributed by atoms with Crippen molar-refractivity contribution >= 4 is 43.5 Å². The van der Waals surface area contributed by atoms with Crippen LogP contribution in [0.3, 0.4) is 0 Å². The second-order valence-electron chi connectivity index (χ2n) is 3.98. The predicted octanol–water partition coefficient (Wildman–Crippen LogP) is 4.52. The minimum Gasteiger partial charge on any atom is -0.478 e. The van der Waals surface area contributed by atoms with Gasteiger partial charge in [-0.15, -0.1) is 0 Å². The molecule has 0 radical (unpaired) electrons. The SMILES string of the molecule is O=C(O)c1cc(Br)cc(NCc2ccccc2Br)c1. The maximum absolute atomic E-state index is 11.0. The van der Waals surface area contributed by atoms with Crippen LogP contribution in [0.4, 0.5) is 5.69 Å². The Morgan fingerprint density at radius 3 is 2.58 bits per heavy atom. The van der Waals surface area contributed by atoms with Crippen molar-refractivity contribution in [2.45, 2.75) is 6.54 Å². The van der Waals surface area contributed by atoms with Crippen molar-refractivity contribution in [1.29, 1.82) is 0 Å². The van der Waals surface area contributed by atoms with E-state index in [0.717, 1.165) is 20.2 Å². The third-order valence-corrected chi connectivity index (χ3v) is 3.82. The van der Waals surface area contributed by atoms with Gasteiger partial charge in [-0.1, -0.05) is 50.1 Å². The number of anilines is 1. The standard InChI is InChI=1S/C14H11Br2NO2/c15-11-5-10(14(18)19)6-12(7-11)17-8-9-3-1-2-4-13(9)16/h1-7,17H,8H2,(H,18,19). The summed E-state index contributed by atoms with van der Waals surface area (Å²) in [6, 6.07) is 12.9. The summed E-state index contributed by atoms with van der Waals surface area (Å²) >= 11 is 6.79. The molecule has 0 aliphatic rings. The van der Waals surface area contributed by atoms with E-state index in [4.69, 9.17) is 5.11 Å². The lowest BCUT2D eigenvalue weighted by Gasteiger charge is -2.09. The molecule has 5 heteroatoms. The number of rotatable bonds is 4. The Kier molecular flexibility index (Phi) is 4.61.